The van der Waals surface area contributed by atoms with E-state index in [0.29, 0.717) is 0 Å². The van der Waals surface area contributed by atoms with Crippen molar-refractivity contribution in [1.29, 1.82) is 0 Å². The zero-order valence-electron chi connectivity index (χ0n) is 7.49. The van der Waals surface area contributed by atoms with Crippen LogP contribution in [0.4, 0.5) is 5.69 Å². The Balaban J connectivity index is 0.000000980. The largest absolute Gasteiger partial charge is 0.477 e. The molecule has 0 saturated heterocycles. The van der Waals surface area contributed by atoms with E-state index in [1.165, 1.54) is 6.07 Å². The number of aromatic nitrogens is 1. The molecule has 0 unspecified atom stereocenters. The van der Waals surface area contributed by atoms with Gasteiger partial charge in [-0.3, -0.25) is 0 Å². The second-order valence-corrected chi connectivity index (χ2v) is 3.03. The first-order valence-electron chi connectivity index (χ1n) is 4.24. The highest BCUT2D eigenvalue weighted by Crippen LogP contribution is 2.19. The summed E-state index contributed by atoms with van der Waals surface area (Å²) in [5.41, 5.74) is 1.96. The minimum absolute atomic E-state index is 0. The van der Waals surface area contributed by atoms with Crippen molar-refractivity contribution >= 4 is 24.1 Å². The van der Waals surface area contributed by atoms with Crippen molar-refractivity contribution < 1.29 is 9.90 Å². The van der Waals surface area contributed by atoms with Crippen LogP contribution >= 0.6 is 12.4 Å². The van der Waals surface area contributed by atoms with Crippen LogP contribution in [0, 0.1) is 0 Å². The van der Waals surface area contributed by atoms with E-state index in [2.05, 4.69) is 10.3 Å². The number of rotatable bonds is 1. The molecule has 0 spiro atoms. The third-order valence-electron chi connectivity index (χ3n) is 2.10. The predicted molar refractivity (Wildman–Crippen MR) is 55.3 cm³/mol. The summed E-state index contributed by atoms with van der Waals surface area (Å²) in [4.78, 5) is 14.7. The molecule has 1 aromatic heterocycles. The lowest BCUT2D eigenvalue weighted by Crippen LogP contribution is -2.14. The van der Waals surface area contributed by atoms with Crippen LogP contribution in [0.1, 0.15) is 22.6 Å². The molecule has 0 atom stereocenters. The summed E-state index contributed by atoms with van der Waals surface area (Å²) < 4.78 is 0. The Morgan fingerprint density at radius 1 is 1.50 bits per heavy atom. The Hall–Kier alpha value is -1.29. The zero-order valence-corrected chi connectivity index (χ0v) is 8.30. The predicted octanol–water partition coefficient (Wildman–Crippen LogP) is 1.56. The topological polar surface area (TPSA) is 62.2 Å². The fourth-order valence-corrected chi connectivity index (χ4v) is 1.45. The van der Waals surface area contributed by atoms with Gasteiger partial charge < -0.3 is 10.4 Å². The number of nitrogens with zero attached hydrogens (tertiary/aromatic N) is 1. The normalized spacial score (nSPS) is 13.4. The Morgan fingerprint density at radius 2 is 2.29 bits per heavy atom. The van der Waals surface area contributed by atoms with Crippen molar-refractivity contribution in [2.45, 2.75) is 12.8 Å². The molecule has 0 amide bonds. The maximum absolute atomic E-state index is 10.6. The van der Waals surface area contributed by atoms with E-state index in [1.807, 2.05) is 0 Å². The van der Waals surface area contributed by atoms with Gasteiger partial charge in [-0.2, -0.15) is 0 Å². The van der Waals surface area contributed by atoms with E-state index in [0.717, 1.165) is 30.8 Å². The van der Waals surface area contributed by atoms with Crippen LogP contribution in [0.5, 0.6) is 0 Å². The number of aromatic carboxylic acids is 1. The van der Waals surface area contributed by atoms with Crippen molar-refractivity contribution in [3.63, 3.8) is 0 Å². The smallest absolute Gasteiger partial charge is 0.354 e. The monoisotopic (exact) mass is 214 g/mol. The molecule has 2 heterocycles. The molecule has 0 bridgehead atoms. The van der Waals surface area contributed by atoms with Crippen molar-refractivity contribution in [3.8, 4) is 0 Å². The van der Waals surface area contributed by atoms with E-state index < -0.39 is 5.97 Å². The molecule has 2 rings (SSSR count). The Kier molecular flexibility index (Phi) is 3.30. The Labute approximate surface area is 87.8 Å². The van der Waals surface area contributed by atoms with Crippen LogP contribution in [0.2, 0.25) is 0 Å². The van der Waals surface area contributed by atoms with Crippen LogP contribution in [-0.4, -0.2) is 22.6 Å². The number of pyridine rings is 1. The molecule has 14 heavy (non-hydrogen) atoms. The molecular formula is C9H11ClN2O2. The zero-order chi connectivity index (χ0) is 9.26. The van der Waals surface area contributed by atoms with Crippen molar-refractivity contribution in [3.05, 3.63) is 23.5 Å². The standard InChI is InChI=1S/C9H10N2O2.ClH/c12-9(13)8-4-3-6-7(11-8)2-1-5-10-6;/h3-4,10H,1-2,5H2,(H,12,13);1H. The van der Waals surface area contributed by atoms with E-state index in [-0.39, 0.29) is 18.1 Å². The van der Waals surface area contributed by atoms with Gasteiger partial charge in [0.25, 0.3) is 0 Å². The van der Waals surface area contributed by atoms with Crippen LogP contribution in [0.15, 0.2) is 12.1 Å². The second kappa shape index (κ2) is 4.28. The van der Waals surface area contributed by atoms with Gasteiger partial charge in [-0.05, 0) is 25.0 Å². The Bertz CT molecular complexity index is 355. The first-order valence-corrected chi connectivity index (χ1v) is 4.24. The summed E-state index contributed by atoms with van der Waals surface area (Å²) >= 11 is 0. The number of nitrogens with one attached hydrogen (secondary N) is 1. The molecule has 0 aliphatic carbocycles. The summed E-state index contributed by atoms with van der Waals surface area (Å²) in [6.45, 7) is 0.946. The van der Waals surface area contributed by atoms with Gasteiger partial charge in [0.05, 0.1) is 11.4 Å². The molecule has 1 aliphatic rings. The second-order valence-electron chi connectivity index (χ2n) is 3.03. The molecular weight excluding hydrogens is 204 g/mol. The number of carbonyl (C=O) groups is 1. The summed E-state index contributed by atoms with van der Waals surface area (Å²) in [7, 11) is 0. The fraction of sp³-hybridized carbons (Fsp3) is 0.333. The van der Waals surface area contributed by atoms with E-state index in [4.69, 9.17) is 5.11 Å². The van der Waals surface area contributed by atoms with Crippen LogP contribution in [-0.2, 0) is 6.42 Å². The lowest BCUT2D eigenvalue weighted by Gasteiger charge is -2.16. The highest BCUT2D eigenvalue weighted by Gasteiger charge is 2.12. The molecule has 0 saturated carbocycles. The maximum Gasteiger partial charge on any atom is 0.354 e. The van der Waals surface area contributed by atoms with Gasteiger partial charge in [-0.25, -0.2) is 9.78 Å². The first-order chi connectivity index (χ1) is 6.27. The molecule has 5 heteroatoms. The minimum atomic E-state index is -0.964. The van der Waals surface area contributed by atoms with Crippen molar-refractivity contribution in [2.75, 3.05) is 11.9 Å². The van der Waals surface area contributed by atoms with Gasteiger partial charge in [0.1, 0.15) is 5.69 Å². The van der Waals surface area contributed by atoms with E-state index in [1.54, 1.807) is 6.07 Å². The highest BCUT2D eigenvalue weighted by molar-refractivity contribution is 5.86. The van der Waals surface area contributed by atoms with E-state index >= 15 is 0 Å². The van der Waals surface area contributed by atoms with Gasteiger partial charge >= 0.3 is 5.97 Å². The molecule has 0 fully saturated rings. The average Bonchev–Trinajstić information content (AvgIpc) is 2.17. The lowest BCUT2D eigenvalue weighted by atomic mass is 10.1. The molecule has 2 N–H and O–H groups in total. The summed E-state index contributed by atoms with van der Waals surface area (Å²) in [5, 5.41) is 11.9. The van der Waals surface area contributed by atoms with Gasteiger partial charge in [0.15, 0.2) is 0 Å². The van der Waals surface area contributed by atoms with Crippen LogP contribution in [0.3, 0.4) is 0 Å². The summed E-state index contributed by atoms with van der Waals surface area (Å²) in [5.74, 6) is -0.964. The van der Waals surface area contributed by atoms with Gasteiger partial charge in [-0.15, -0.1) is 12.4 Å². The number of carboxylic acids is 1. The molecule has 1 aliphatic heterocycles. The third kappa shape index (κ3) is 1.96. The number of carboxylic acid groups (broad SMARTS) is 1. The Morgan fingerprint density at radius 3 is 3.00 bits per heavy atom. The summed E-state index contributed by atoms with van der Waals surface area (Å²) in [6.07, 6.45) is 1.88. The van der Waals surface area contributed by atoms with Gasteiger partial charge in [0, 0.05) is 6.54 Å². The fourth-order valence-electron chi connectivity index (χ4n) is 1.45. The molecule has 0 aromatic carbocycles. The first kappa shape index (κ1) is 10.8. The average molecular weight is 215 g/mol. The van der Waals surface area contributed by atoms with Crippen molar-refractivity contribution in [1.82, 2.24) is 4.98 Å². The number of halogens is 1. The molecule has 0 radical (unpaired) electrons. The maximum atomic E-state index is 10.6. The number of anilines is 1. The molecule has 1 aromatic rings. The van der Waals surface area contributed by atoms with Crippen LogP contribution in [0.25, 0.3) is 0 Å². The number of hydrogen-bond acceptors (Lipinski definition) is 3. The van der Waals surface area contributed by atoms with Gasteiger partial charge in [0.2, 0.25) is 0 Å². The van der Waals surface area contributed by atoms with Gasteiger partial charge in [-0.1, -0.05) is 0 Å². The minimum Gasteiger partial charge on any atom is -0.477 e. The number of aryl methyl sites for hydroxylation is 1. The van der Waals surface area contributed by atoms with Crippen molar-refractivity contribution in [2.24, 2.45) is 0 Å². The highest BCUT2D eigenvalue weighted by atomic mass is 35.5. The number of fused-ring (bicyclic) bond motifs is 1. The van der Waals surface area contributed by atoms with Crippen LogP contribution < -0.4 is 5.32 Å². The molecule has 4 nitrogen and oxygen atoms in total. The lowest BCUT2D eigenvalue weighted by molar-refractivity contribution is 0.0690. The third-order valence-corrected chi connectivity index (χ3v) is 2.10. The quantitative estimate of drug-likeness (QED) is 0.745. The summed E-state index contributed by atoms with van der Waals surface area (Å²) in [6, 6.07) is 3.31. The van der Waals surface area contributed by atoms with E-state index in [9.17, 15) is 4.79 Å². The SMILES string of the molecule is Cl.O=C(O)c1ccc2c(n1)CCCN2. The number of hydrogen-bond donors (Lipinski definition) is 2. The molecule has 76 valence electrons.